The third-order valence-electron chi connectivity index (χ3n) is 3.28. The van der Waals surface area contributed by atoms with E-state index in [2.05, 4.69) is 11.9 Å². The number of carbonyl (C=O) groups excluding carboxylic acids is 3. The lowest BCUT2D eigenvalue weighted by molar-refractivity contribution is -0.141. The van der Waals surface area contributed by atoms with E-state index in [0.717, 1.165) is 19.4 Å². The summed E-state index contributed by atoms with van der Waals surface area (Å²) in [5.74, 6) is -3.00. The third kappa shape index (κ3) is 4.27. The molecule has 0 saturated carbocycles. The normalized spacial score (nSPS) is 18.5. The number of carboxylic acids is 1. The van der Waals surface area contributed by atoms with E-state index in [9.17, 15) is 19.2 Å². The summed E-state index contributed by atoms with van der Waals surface area (Å²) in [6, 6.07) is -0.167. The number of likely N-dealkylation sites (tertiary alicyclic amines) is 1. The molecule has 0 aromatic rings. The molecule has 0 spiro atoms. The predicted octanol–water partition coefficient (Wildman–Crippen LogP) is -0.634. The summed E-state index contributed by atoms with van der Waals surface area (Å²) < 4.78 is 0. The van der Waals surface area contributed by atoms with Gasteiger partial charge >= 0.3 is 5.97 Å². The lowest BCUT2D eigenvalue weighted by Gasteiger charge is -2.24. The van der Waals surface area contributed by atoms with Gasteiger partial charge in [0.2, 0.25) is 0 Å². The minimum absolute atomic E-state index is 0.0251. The molecule has 1 atom stereocenters. The number of rotatable bonds is 8. The van der Waals surface area contributed by atoms with Crippen molar-refractivity contribution in [3.05, 3.63) is 12.2 Å². The first-order chi connectivity index (χ1) is 9.47. The molecule has 1 aliphatic rings. The van der Waals surface area contributed by atoms with Crippen molar-refractivity contribution in [1.82, 2.24) is 10.2 Å². The second-order valence-corrected chi connectivity index (χ2v) is 4.62. The molecule has 0 aromatic heterocycles. The van der Waals surface area contributed by atoms with Gasteiger partial charge in [-0.2, -0.15) is 0 Å². The highest BCUT2D eigenvalue weighted by Gasteiger charge is 2.29. The molecule has 1 heterocycles. The molecule has 0 aromatic carbocycles. The van der Waals surface area contributed by atoms with Crippen LogP contribution in [0.5, 0.6) is 0 Å². The lowest BCUT2D eigenvalue weighted by atomic mass is 10.1. The molecule has 0 aliphatic carbocycles. The summed E-state index contributed by atoms with van der Waals surface area (Å²) in [6.07, 6.45) is 2.22. The molecule has 7 heteroatoms. The highest BCUT2D eigenvalue weighted by atomic mass is 16.4. The smallest absolute Gasteiger partial charge is 0.332 e. The van der Waals surface area contributed by atoms with Crippen LogP contribution in [0.1, 0.15) is 19.3 Å². The van der Waals surface area contributed by atoms with Crippen molar-refractivity contribution >= 4 is 23.9 Å². The van der Waals surface area contributed by atoms with Crippen LogP contribution in [0.4, 0.5) is 0 Å². The molecule has 20 heavy (non-hydrogen) atoms. The van der Waals surface area contributed by atoms with Crippen LogP contribution in [0.25, 0.3) is 0 Å². The van der Waals surface area contributed by atoms with Crippen molar-refractivity contribution in [3.63, 3.8) is 0 Å². The van der Waals surface area contributed by atoms with Crippen molar-refractivity contribution in [2.75, 3.05) is 19.6 Å². The van der Waals surface area contributed by atoms with Crippen LogP contribution >= 0.6 is 0 Å². The average Bonchev–Trinajstić information content (AvgIpc) is 2.89. The zero-order valence-electron chi connectivity index (χ0n) is 11.1. The molecule has 1 unspecified atom stereocenters. The van der Waals surface area contributed by atoms with E-state index in [1.165, 1.54) is 0 Å². The first-order valence-corrected chi connectivity index (χ1v) is 6.41. The molecule has 1 rings (SSSR count). The molecule has 1 saturated heterocycles. The van der Waals surface area contributed by atoms with E-state index < -0.39 is 17.7 Å². The SMILES string of the molecule is C=C(C(=O)O)C1CCCN1CCCNC(=O)C(=O)C=O. The van der Waals surface area contributed by atoms with Crippen LogP contribution in [-0.4, -0.2) is 59.6 Å². The standard InChI is InChI=1S/C13H18N2O5/c1-9(13(19)20)10-4-2-6-15(10)7-3-5-14-12(18)11(17)8-16/h8,10H,1-7H2,(H,14,18)(H,19,20). The van der Waals surface area contributed by atoms with Gasteiger partial charge in [0.25, 0.3) is 11.7 Å². The number of Topliss-reactive ketones (excluding diaryl/α,β-unsaturated/α-hetero) is 1. The zero-order valence-corrected chi connectivity index (χ0v) is 11.1. The van der Waals surface area contributed by atoms with Crippen LogP contribution in [-0.2, 0) is 19.2 Å². The Kier molecular flexibility index (Phi) is 6.05. The topological polar surface area (TPSA) is 104 Å². The van der Waals surface area contributed by atoms with E-state index in [1.807, 2.05) is 4.90 Å². The summed E-state index contributed by atoms with van der Waals surface area (Å²) in [5, 5.41) is 11.3. The monoisotopic (exact) mass is 282 g/mol. The fraction of sp³-hybridized carbons (Fsp3) is 0.538. The quantitative estimate of drug-likeness (QED) is 0.202. The molecule has 0 bridgehead atoms. The van der Waals surface area contributed by atoms with Gasteiger partial charge < -0.3 is 10.4 Å². The molecule has 7 nitrogen and oxygen atoms in total. The number of nitrogens with zero attached hydrogens (tertiary/aromatic N) is 1. The van der Waals surface area contributed by atoms with E-state index >= 15 is 0 Å². The Bertz CT molecular complexity index is 432. The minimum atomic E-state index is -1.09. The van der Waals surface area contributed by atoms with Gasteiger partial charge in [-0.1, -0.05) is 6.58 Å². The Hall–Kier alpha value is -2.02. The molecule has 110 valence electrons. The highest BCUT2D eigenvalue weighted by Crippen LogP contribution is 2.22. The molecule has 0 radical (unpaired) electrons. The Labute approximate surface area is 116 Å². The maximum absolute atomic E-state index is 11.0. The van der Waals surface area contributed by atoms with Crippen LogP contribution < -0.4 is 5.32 Å². The molecule has 1 aliphatic heterocycles. The second-order valence-electron chi connectivity index (χ2n) is 4.62. The predicted molar refractivity (Wildman–Crippen MR) is 70.1 cm³/mol. The van der Waals surface area contributed by atoms with Crippen LogP contribution in [0.15, 0.2) is 12.2 Å². The summed E-state index contributed by atoms with van der Waals surface area (Å²) in [7, 11) is 0. The molecular formula is C13H18N2O5. The van der Waals surface area contributed by atoms with Crippen molar-refractivity contribution < 1.29 is 24.3 Å². The maximum Gasteiger partial charge on any atom is 0.332 e. The second kappa shape index (κ2) is 7.54. The fourth-order valence-electron chi connectivity index (χ4n) is 2.26. The fourth-order valence-corrected chi connectivity index (χ4v) is 2.26. The van der Waals surface area contributed by atoms with E-state index in [1.54, 1.807) is 0 Å². The average molecular weight is 282 g/mol. The summed E-state index contributed by atoms with van der Waals surface area (Å²) in [5.41, 5.74) is 0.183. The number of ketones is 1. The number of aldehydes is 1. The first kappa shape index (κ1) is 16.0. The van der Waals surface area contributed by atoms with Crippen molar-refractivity contribution in [3.8, 4) is 0 Å². The number of hydrogen-bond donors (Lipinski definition) is 2. The van der Waals surface area contributed by atoms with Gasteiger partial charge in [0.1, 0.15) is 0 Å². The van der Waals surface area contributed by atoms with Gasteiger partial charge in [-0.25, -0.2) is 4.79 Å². The largest absolute Gasteiger partial charge is 0.478 e. The summed E-state index contributed by atoms with van der Waals surface area (Å²) >= 11 is 0. The Morgan fingerprint density at radius 3 is 2.70 bits per heavy atom. The highest BCUT2D eigenvalue weighted by molar-refractivity contribution is 6.57. The van der Waals surface area contributed by atoms with Crippen molar-refractivity contribution in [2.45, 2.75) is 25.3 Å². The van der Waals surface area contributed by atoms with Crippen molar-refractivity contribution in [2.24, 2.45) is 0 Å². The summed E-state index contributed by atoms with van der Waals surface area (Å²) in [4.78, 5) is 44.7. The third-order valence-corrected chi connectivity index (χ3v) is 3.28. The van der Waals surface area contributed by atoms with Crippen molar-refractivity contribution in [1.29, 1.82) is 0 Å². The maximum atomic E-state index is 11.0. The number of carbonyl (C=O) groups is 4. The number of hydrogen-bond acceptors (Lipinski definition) is 5. The number of aliphatic carboxylic acids is 1. The summed E-state index contributed by atoms with van der Waals surface area (Å²) in [6.45, 7) is 5.24. The lowest BCUT2D eigenvalue weighted by Crippen LogP contribution is -2.37. The van der Waals surface area contributed by atoms with Gasteiger partial charge in [-0.15, -0.1) is 0 Å². The Balaban J connectivity index is 2.32. The van der Waals surface area contributed by atoms with E-state index in [4.69, 9.17) is 5.11 Å². The minimum Gasteiger partial charge on any atom is -0.478 e. The van der Waals surface area contributed by atoms with E-state index in [-0.39, 0.29) is 24.4 Å². The Morgan fingerprint density at radius 1 is 1.40 bits per heavy atom. The Morgan fingerprint density at radius 2 is 2.10 bits per heavy atom. The first-order valence-electron chi connectivity index (χ1n) is 6.41. The van der Waals surface area contributed by atoms with Gasteiger partial charge in [0, 0.05) is 24.7 Å². The zero-order chi connectivity index (χ0) is 15.1. The number of carboxylic acid groups (broad SMARTS) is 1. The number of nitrogens with one attached hydrogen (secondary N) is 1. The molecule has 1 amide bonds. The molecular weight excluding hydrogens is 264 g/mol. The van der Waals surface area contributed by atoms with Gasteiger partial charge in [-0.05, 0) is 25.8 Å². The van der Waals surface area contributed by atoms with Crippen LogP contribution in [0.3, 0.4) is 0 Å². The molecule has 1 fully saturated rings. The van der Waals surface area contributed by atoms with Gasteiger partial charge in [-0.3, -0.25) is 19.3 Å². The van der Waals surface area contributed by atoms with Gasteiger partial charge in [0.05, 0.1) is 0 Å². The van der Waals surface area contributed by atoms with E-state index in [0.29, 0.717) is 13.0 Å². The van der Waals surface area contributed by atoms with Gasteiger partial charge in [0.15, 0.2) is 6.29 Å². The van der Waals surface area contributed by atoms with Crippen LogP contribution in [0, 0.1) is 0 Å². The number of amides is 1. The van der Waals surface area contributed by atoms with Crippen LogP contribution in [0.2, 0.25) is 0 Å². The molecule has 2 N–H and O–H groups in total.